The first-order chi connectivity index (χ1) is 18.5. The third-order valence-corrected chi connectivity index (χ3v) is 6.98. The van der Waals surface area contributed by atoms with Crippen LogP contribution in [0.25, 0.3) is 0 Å². The van der Waals surface area contributed by atoms with Crippen molar-refractivity contribution in [2.24, 2.45) is 4.99 Å². The number of aliphatic imine (C=N–C) groups is 1. The van der Waals surface area contributed by atoms with Crippen LogP contribution in [-0.4, -0.2) is 31.1 Å². The lowest BCUT2D eigenvalue weighted by atomic mass is 10.0. The summed E-state index contributed by atoms with van der Waals surface area (Å²) < 4.78 is 18.5. The summed E-state index contributed by atoms with van der Waals surface area (Å²) in [5, 5.41) is 0. The maximum absolute atomic E-state index is 13.5. The number of hydrogen-bond donors (Lipinski definition) is 0. The van der Waals surface area contributed by atoms with Crippen molar-refractivity contribution in [1.29, 1.82) is 0 Å². The van der Waals surface area contributed by atoms with Crippen LogP contribution >= 0.6 is 11.8 Å². The van der Waals surface area contributed by atoms with E-state index in [9.17, 15) is 9.18 Å². The van der Waals surface area contributed by atoms with Crippen LogP contribution in [0.5, 0.6) is 0 Å². The molecule has 38 heavy (non-hydrogen) atoms. The Bertz CT molecular complexity index is 1350. The van der Waals surface area contributed by atoms with Gasteiger partial charge in [0.25, 0.3) is 0 Å². The van der Waals surface area contributed by atoms with Gasteiger partial charge in [-0.05, 0) is 48.1 Å². The number of ether oxygens (including phenoxy) is 1. The normalized spacial score (nSPS) is 10.6. The minimum atomic E-state index is -0.341. The molecule has 0 bridgehead atoms. The molecule has 4 aromatic carbocycles. The second-order valence-electron chi connectivity index (χ2n) is 8.79. The summed E-state index contributed by atoms with van der Waals surface area (Å²) in [5.41, 5.74) is 6.66. The standard InChI is InChI=1S/C32H31FN2O2S/c1-4-38-29-20-28(35(22-30(36)37-3)21-24-15-17-27(33)18-16-24)19-23(2)31(29)34-32(25-11-7-5-8-12-25)26-13-9-6-10-14-26/h5-20H,4,21-22H2,1-3H3. The molecule has 0 heterocycles. The molecular weight excluding hydrogens is 495 g/mol. The van der Waals surface area contributed by atoms with E-state index in [1.807, 2.05) is 48.2 Å². The zero-order chi connectivity index (χ0) is 26.9. The van der Waals surface area contributed by atoms with Gasteiger partial charge < -0.3 is 9.64 Å². The molecule has 0 radical (unpaired) electrons. The van der Waals surface area contributed by atoms with Crippen LogP contribution in [-0.2, 0) is 16.1 Å². The fraction of sp³-hybridized carbons (Fsp3) is 0.188. The molecule has 194 valence electrons. The lowest BCUT2D eigenvalue weighted by molar-refractivity contribution is -0.139. The number of hydrogen-bond acceptors (Lipinski definition) is 5. The Morgan fingerprint density at radius 1 is 0.921 bits per heavy atom. The highest BCUT2D eigenvalue weighted by Crippen LogP contribution is 2.38. The predicted molar refractivity (Wildman–Crippen MR) is 155 cm³/mol. The third kappa shape index (κ3) is 6.90. The van der Waals surface area contributed by atoms with Gasteiger partial charge in [0.05, 0.1) is 18.5 Å². The van der Waals surface area contributed by atoms with Gasteiger partial charge in [0.15, 0.2) is 0 Å². The number of halogens is 1. The molecule has 0 atom stereocenters. The molecule has 6 heteroatoms. The summed E-state index contributed by atoms with van der Waals surface area (Å²) in [6, 6.07) is 30.8. The van der Waals surface area contributed by atoms with Gasteiger partial charge in [0, 0.05) is 28.3 Å². The molecule has 0 N–H and O–H groups in total. The number of methoxy groups -OCH3 is 1. The third-order valence-electron chi connectivity index (χ3n) is 6.07. The van der Waals surface area contributed by atoms with Gasteiger partial charge in [-0.1, -0.05) is 79.7 Å². The van der Waals surface area contributed by atoms with E-state index >= 15 is 0 Å². The SMILES string of the molecule is CCSc1cc(N(CC(=O)OC)Cc2ccc(F)cc2)cc(C)c1N=C(c1ccccc1)c1ccccc1. The largest absolute Gasteiger partial charge is 0.468 e. The zero-order valence-corrected chi connectivity index (χ0v) is 22.7. The molecule has 0 amide bonds. The highest BCUT2D eigenvalue weighted by Gasteiger charge is 2.18. The maximum atomic E-state index is 13.5. The van der Waals surface area contributed by atoms with Crippen LogP contribution in [0.3, 0.4) is 0 Å². The topological polar surface area (TPSA) is 41.9 Å². The predicted octanol–water partition coefficient (Wildman–Crippen LogP) is 7.59. The second kappa shape index (κ2) is 13.1. The lowest BCUT2D eigenvalue weighted by Crippen LogP contribution is -2.30. The number of rotatable bonds is 10. The summed E-state index contributed by atoms with van der Waals surface area (Å²) in [4.78, 5) is 20.5. The Morgan fingerprint density at radius 3 is 2.08 bits per heavy atom. The fourth-order valence-electron chi connectivity index (χ4n) is 4.19. The van der Waals surface area contributed by atoms with Crippen molar-refractivity contribution in [3.05, 3.63) is 125 Å². The molecular formula is C32H31FN2O2S. The average molecular weight is 527 g/mol. The lowest BCUT2D eigenvalue weighted by Gasteiger charge is -2.25. The Labute approximate surface area is 228 Å². The fourth-order valence-corrected chi connectivity index (χ4v) is 5.05. The van der Waals surface area contributed by atoms with Crippen LogP contribution in [0.1, 0.15) is 29.2 Å². The van der Waals surface area contributed by atoms with E-state index in [1.54, 1.807) is 23.9 Å². The number of carbonyl (C=O) groups excluding carboxylic acids is 1. The van der Waals surface area contributed by atoms with Crippen molar-refractivity contribution in [3.63, 3.8) is 0 Å². The van der Waals surface area contributed by atoms with Gasteiger partial charge in [0.2, 0.25) is 0 Å². The van der Waals surface area contributed by atoms with Crippen molar-refractivity contribution in [3.8, 4) is 0 Å². The Hall–Kier alpha value is -3.90. The van der Waals surface area contributed by atoms with E-state index in [2.05, 4.69) is 43.3 Å². The number of nitrogens with zero attached hydrogens (tertiary/aromatic N) is 2. The highest BCUT2D eigenvalue weighted by molar-refractivity contribution is 7.99. The Morgan fingerprint density at radius 2 is 1.53 bits per heavy atom. The monoisotopic (exact) mass is 526 g/mol. The van der Waals surface area contributed by atoms with Gasteiger partial charge in [-0.3, -0.25) is 4.79 Å². The molecule has 0 aliphatic rings. The number of thioether (sulfide) groups is 1. The highest BCUT2D eigenvalue weighted by atomic mass is 32.2. The second-order valence-corrected chi connectivity index (χ2v) is 10.1. The molecule has 0 saturated heterocycles. The molecule has 0 unspecified atom stereocenters. The minimum Gasteiger partial charge on any atom is -0.468 e. The van der Waals surface area contributed by atoms with Gasteiger partial charge in [0.1, 0.15) is 12.4 Å². The number of esters is 1. The van der Waals surface area contributed by atoms with Crippen LogP contribution in [0.4, 0.5) is 15.8 Å². The van der Waals surface area contributed by atoms with Crippen LogP contribution in [0.15, 0.2) is 107 Å². The molecule has 0 spiro atoms. The average Bonchev–Trinajstić information content (AvgIpc) is 2.94. The van der Waals surface area contributed by atoms with E-state index < -0.39 is 0 Å². The van der Waals surface area contributed by atoms with Crippen LogP contribution < -0.4 is 4.90 Å². The van der Waals surface area contributed by atoms with Gasteiger partial charge >= 0.3 is 5.97 Å². The van der Waals surface area contributed by atoms with E-state index in [0.717, 1.165) is 50.0 Å². The summed E-state index contributed by atoms with van der Waals surface area (Å²) >= 11 is 1.71. The molecule has 4 aromatic rings. The van der Waals surface area contributed by atoms with Gasteiger partial charge in [-0.2, -0.15) is 0 Å². The quantitative estimate of drug-likeness (QED) is 0.121. The molecule has 0 saturated carbocycles. The first-order valence-electron chi connectivity index (χ1n) is 12.5. The molecule has 4 nitrogen and oxygen atoms in total. The Kier molecular flexibility index (Phi) is 9.33. The summed E-state index contributed by atoms with van der Waals surface area (Å²) in [6.07, 6.45) is 0. The van der Waals surface area contributed by atoms with Crippen LogP contribution in [0, 0.1) is 12.7 Å². The minimum absolute atomic E-state index is 0.0748. The molecule has 0 aliphatic heterocycles. The zero-order valence-electron chi connectivity index (χ0n) is 21.9. The summed E-state index contributed by atoms with van der Waals surface area (Å²) in [7, 11) is 1.38. The van der Waals surface area contributed by atoms with Crippen LogP contribution in [0.2, 0.25) is 0 Å². The number of aryl methyl sites for hydroxylation is 1. The van der Waals surface area contributed by atoms with E-state index in [0.29, 0.717) is 6.54 Å². The number of carbonyl (C=O) groups is 1. The van der Waals surface area contributed by atoms with Crippen molar-refractivity contribution in [2.45, 2.75) is 25.3 Å². The molecule has 4 rings (SSSR count). The molecule has 0 fully saturated rings. The van der Waals surface area contributed by atoms with Crippen molar-refractivity contribution >= 4 is 34.8 Å². The first kappa shape index (κ1) is 27.1. The summed E-state index contributed by atoms with van der Waals surface area (Å²) in [6.45, 7) is 4.67. The van der Waals surface area contributed by atoms with Gasteiger partial charge in [-0.15, -0.1) is 11.8 Å². The van der Waals surface area contributed by atoms with Crippen molar-refractivity contribution < 1.29 is 13.9 Å². The van der Waals surface area contributed by atoms with E-state index in [1.165, 1.54) is 19.2 Å². The smallest absolute Gasteiger partial charge is 0.325 e. The first-order valence-corrected chi connectivity index (χ1v) is 13.5. The van der Waals surface area contributed by atoms with Crippen molar-refractivity contribution in [2.75, 3.05) is 24.3 Å². The molecule has 0 aliphatic carbocycles. The molecule has 0 aromatic heterocycles. The van der Waals surface area contributed by atoms with Crippen molar-refractivity contribution in [1.82, 2.24) is 0 Å². The van der Waals surface area contributed by atoms with Gasteiger partial charge in [-0.25, -0.2) is 9.38 Å². The van der Waals surface area contributed by atoms with E-state index in [-0.39, 0.29) is 18.3 Å². The maximum Gasteiger partial charge on any atom is 0.325 e. The Balaban J connectivity index is 1.81. The van der Waals surface area contributed by atoms with E-state index in [4.69, 9.17) is 9.73 Å². The number of anilines is 1. The number of benzene rings is 4. The summed E-state index contributed by atoms with van der Waals surface area (Å²) in [5.74, 6) is 0.236.